The number of halogens is 2. The fourth-order valence-corrected chi connectivity index (χ4v) is 13.3. The Bertz CT molecular complexity index is 3070. The quantitative estimate of drug-likeness (QED) is 0.104. The Hall–Kier alpha value is -5.60. The second-order valence-electron chi connectivity index (χ2n) is 19.3. The van der Waals surface area contributed by atoms with Crippen molar-refractivity contribution in [2.24, 2.45) is 10.8 Å². The van der Waals surface area contributed by atoms with E-state index in [-0.39, 0.29) is 0 Å². The van der Waals surface area contributed by atoms with E-state index in [1.165, 1.54) is 24.3 Å². The predicted octanol–water partition coefficient (Wildman–Crippen LogP) is 11.8. The third-order valence-electron chi connectivity index (χ3n) is 16.0. The molecular formula is C54H56Cl2N6O6. The number of hydrogen-bond acceptors (Lipinski definition) is 10. The number of anilines is 2. The van der Waals surface area contributed by atoms with Gasteiger partial charge in [0.1, 0.15) is 12.3 Å². The second-order valence-corrected chi connectivity index (χ2v) is 20.1. The standard InChI is InChI=1S/C54H56Cl2N6O6/c1-5-53-23-11-25-59(65)51(53)61-42-15-9-7-13-34(42)36(47(61)38(29-53)49(63)67-3)28-41-45(46(57-33-20-17-31(55)18-21-33)37-27-32(56)19-22-40(37)58-41)44-35-14-8-10-16-43(35)62-48(44)39(50(64)68-4)30-54(6-2)24-12-26-60(66)52(54)62/h7-10,13-22,27,29-30,41,45-46,51-52,57-58,65-66H,5-6,11-12,23-26,28H2,1-4H3/t41?,45?,46?,51-,52-,53+,54+/m1/s1. The number of esters is 2. The van der Waals surface area contributed by atoms with Gasteiger partial charge in [0.05, 0.1) is 53.8 Å². The molecule has 0 bridgehead atoms. The molecule has 0 radical (unpaired) electrons. The van der Waals surface area contributed by atoms with Crippen LogP contribution in [0, 0.1) is 10.8 Å². The van der Waals surface area contributed by atoms with Crippen molar-refractivity contribution < 1.29 is 29.5 Å². The third kappa shape index (κ3) is 6.77. The van der Waals surface area contributed by atoms with Gasteiger partial charge < -0.3 is 39.7 Å². The maximum atomic E-state index is 14.6. The van der Waals surface area contributed by atoms with E-state index in [2.05, 4.69) is 70.0 Å². The topological polar surface area (TPSA) is 133 Å². The van der Waals surface area contributed by atoms with Gasteiger partial charge in [0.15, 0.2) is 0 Å². The van der Waals surface area contributed by atoms with E-state index >= 15 is 0 Å². The fraction of sp³-hybridized carbons (Fsp3) is 0.370. The first-order chi connectivity index (χ1) is 33.0. The molecule has 4 N–H and O–H groups in total. The average molecular weight is 956 g/mol. The molecule has 5 aliphatic rings. The first-order valence-corrected chi connectivity index (χ1v) is 24.6. The highest BCUT2D eigenvalue weighted by atomic mass is 35.5. The van der Waals surface area contributed by atoms with E-state index in [4.69, 9.17) is 32.7 Å². The molecule has 0 aliphatic carbocycles. The Morgan fingerprint density at radius 1 is 0.735 bits per heavy atom. The van der Waals surface area contributed by atoms with Crippen LogP contribution in [0.5, 0.6) is 0 Å². The number of carbonyl (C=O) groups excluding carboxylic acids is 2. The van der Waals surface area contributed by atoms with E-state index in [9.17, 15) is 20.0 Å². The molecule has 0 saturated carbocycles. The largest absolute Gasteiger partial charge is 0.465 e. The molecule has 5 aliphatic heterocycles. The molecule has 352 valence electrons. The highest BCUT2D eigenvalue weighted by molar-refractivity contribution is 6.31. The summed E-state index contributed by atoms with van der Waals surface area (Å²) in [5.41, 5.74) is 7.46. The Balaban J connectivity index is 1.22. The third-order valence-corrected chi connectivity index (χ3v) is 16.5. The van der Waals surface area contributed by atoms with E-state index < -0.39 is 53.1 Å². The zero-order chi connectivity index (χ0) is 47.2. The van der Waals surface area contributed by atoms with Gasteiger partial charge in [-0.1, -0.05) is 85.6 Å². The molecule has 2 fully saturated rings. The van der Waals surface area contributed by atoms with Gasteiger partial charge in [-0.05, 0) is 116 Å². The van der Waals surface area contributed by atoms with Crippen molar-refractivity contribution in [2.45, 2.75) is 89.1 Å². The highest BCUT2D eigenvalue weighted by Gasteiger charge is 2.53. The van der Waals surface area contributed by atoms with E-state index in [1.807, 2.05) is 66.7 Å². The Labute approximate surface area is 405 Å². The second kappa shape index (κ2) is 17.1. The fourth-order valence-electron chi connectivity index (χ4n) is 13.0. The lowest BCUT2D eigenvalue weighted by molar-refractivity contribution is -0.203. The molecule has 4 aromatic carbocycles. The number of methoxy groups -OCH3 is 2. The van der Waals surface area contributed by atoms with Crippen LogP contribution in [-0.2, 0) is 25.5 Å². The van der Waals surface area contributed by atoms with Gasteiger partial charge in [-0.2, -0.15) is 10.1 Å². The molecule has 6 aromatic rings. The first kappa shape index (κ1) is 44.9. The number of ether oxygens (including phenoxy) is 2. The van der Waals surface area contributed by atoms with Crippen LogP contribution in [0.3, 0.4) is 0 Å². The molecule has 7 heterocycles. The van der Waals surface area contributed by atoms with Crippen LogP contribution in [0.1, 0.15) is 105 Å². The summed E-state index contributed by atoms with van der Waals surface area (Å²) in [6, 6.07) is 29.1. The van der Waals surface area contributed by atoms with E-state index in [0.717, 1.165) is 75.6 Å². The smallest absolute Gasteiger partial charge is 0.339 e. The van der Waals surface area contributed by atoms with Crippen LogP contribution in [0.25, 0.3) is 33.0 Å². The Morgan fingerprint density at radius 3 is 1.88 bits per heavy atom. The summed E-state index contributed by atoms with van der Waals surface area (Å²) in [5.74, 6) is -1.37. The lowest BCUT2D eigenvalue weighted by Gasteiger charge is -2.50. The molecule has 14 heteroatoms. The average Bonchev–Trinajstić information content (AvgIpc) is 3.86. The number of para-hydroxylation sites is 2. The van der Waals surface area contributed by atoms with Crippen molar-refractivity contribution in [3.05, 3.63) is 141 Å². The summed E-state index contributed by atoms with van der Waals surface area (Å²) >= 11 is 13.4. The number of hydrogen-bond donors (Lipinski definition) is 4. The van der Waals surface area contributed by atoms with E-state index in [0.29, 0.717) is 64.9 Å². The molecule has 2 aromatic heterocycles. The molecule has 3 unspecified atom stereocenters. The SMILES string of the molecule is CC[C@]12C=C(C(=O)OC)c3c(CC4Nc5ccc(Cl)cc5C(Nc5ccc(Cl)cc5)C4c4c5n(c6ccccc46)[C@H]4N(O)CCC[C@@]4(CC)C=C5C(=O)OC)c4ccccc4n3[C@H]1N(O)CCC2. The molecule has 7 atom stereocenters. The predicted molar refractivity (Wildman–Crippen MR) is 266 cm³/mol. The van der Waals surface area contributed by atoms with Gasteiger partial charge >= 0.3 is 11.9 Å². The zero-order valence-corrected chi connectivity index (χ0v) is 40.1. The zero-order valence-electron chi connectivity index (χ0n) is 38.6. The van der Waals surface area contributed by atoms with Crippen molar-refractivity contribution >= 4 is 79.5 Å². The minimum Gasteiger partial charge on any atom is -0.465 e. The van der Waals surface area contributed by atoms with Crippen LogP contribution >= 0.6 is 23.2 Å². The number of rotatable bonds is 9. The summed E-state index contributed by atoms with van der Waals surface area (Å²) in [5, 5.41) is 37.9. The molecule has 0 amide bonds. The van der Waals surface area contributed by atoms with Crippen LogP contribution in [0.4, 0.5) is 11.4 Å². The summed E-state index contributed by atoms with van der Waals surface area (Å²) < 4.78 is 15.7. The van der Waals surface area contributed by atoms with Crippen molar-refractivity contribution in [2.75, 3.05) is 37.9 Å². The highest BCUT2D eigenvalue weighted by Crippen LogP contribution is 2.59. The molecular weight excluding hydrogens is 900 g/mol. The van der Waals surface area contributed by atoms with Gasteiger partial charge in [0.25, 0.3) is 0 Å². The lowest BCUT2D eigenvalue weighted by atomic mass is 9.70. The van der Waals surface area contributed by atoms with Crippen LogP contribution in [0.15, 0.2) is 103 Å². The minimum absolute atomic E-state index is 0.394. The normalized spacial score (nSPS) is 26.6. The molecule has 11 rings (SSSR count). The number of fused-ring (bicyclic) bond motifs is 11. The van der Waals surface area contributed by atoms with Crippen molar-refractivity contribution in [1.82, 2.24) is 19.3 Å². The molecule has 2 saturated heterocycles. The minimum atomic E-state index is -0.567. The van der Waals surface area contributed by atoms with Crippen LogP contribution < -0.4 is 10.6 Å². The Kier molecular flexibility index (Phi) is 11.3. The van der Waals surface area contributed by atoms with Gasteiger partial charge in [-0.25, -0.2) is 9.59 Å². The molecule has 0 spiro atoms. The number of nitrogens with zero attached hydrogens (tertiary/aromatic N) is 4. The van der Waals surface area contributed by atoms with Gasteiger partial charge in [0.2, 0.25) is 0 Å². The van der Waals surface area contributed by atoms with Crippen LogP contribution in [-0.4, -0.2) is 75.0 Å². The lowest BCUT2D eigenvalue weighted by Crippen LogP contribution is -2.49. The van der Waals surface area contributed by atoms with Crippen molar-refractivity contribution in [1.29, 1.82) is 0 Å². The number of benzene rings is 4. The van der Waals surface area contributed by atoms with Crippen molar-refractivity contribution in [3.63, 3.8) is 0 Å². The van der Waals surface area contributed by atoms with E-state index in [1.54, 1.807) is 0 Å². The molecule has 68 heavy (non-hydrogen) atoms. The molecule has 12 nitrogen and oxygen atoms in total. The van der Waals surface area contributed by atoms with Gasteiger partial charge in [0, 0.05) is 68.1 Å². The van der Waals surface area contributed by atoms with Gasteiger partial charge in [-0.15, -0.1) is 0 Å². The summed E-state index contributed by atoms with van der Waals surface area (Å²) in [6.45, 7) is 5.21. The maximum absolute atomic E-state index is 14.6. The van der Waals surface area contributed by atoms with Crippen molar-refractivity contribution in [3.8, 4) is 0 Å². The van der Waals surface area contributed by atoms with Crippen LogP contribution in [0.2, 0.25) is 10.0 Å². The van der Waals surface area contributed by atoms with Gasteiger partial charge in [-0.3, -0.25) is 0 Å². The number of carbonyl (C=O) groups is 2. The summed E-state index contributed by atoms with van der Waals surface area (Å²) in [4.78, 5) is 28.9. The first-order valence-electron chi connectivity index (χ1n) is 23.8. The maximum Gasteiger partial charge on any atom is 0.339 e. The number of nitrogens with one attached hydrogen (secondary N) is 2. The monoisotopic (exact) mass is 954 g/mol. The number of hydroxylamine groups is 4. The number of aromatic nitrogens is 2. The number of piperidine rings is 2. The summed E-state index contributed by atoms with van der Waals surface area (Å²) in [7, 11) is 2.85. The Morgan fingerprint density at radius 2 is 1.28 bits per heavy atom. The summed E-state index contributed by atoms with van der Waals surface area (Å²) in [6.07, 6.45) is 8.08.